The Morgan fingerprint density at radius 3 is 2.82 bits per heavy atom. The average molecular weight is 259 g/mol. The summed E-state index contributed by atoms with van der Waals surface area (Å²) >= 11 is 0. The molecule has 0 spiro atoms. The molecule has 0 unspecified atom stereocenters. The molecule has 1 N–H and O–H groups in total. The molecule has 2 rings (SSSR count). The molecule has 1 aliphatic rings. The van der Waals surface area contributed by atoms with E-state index in [4.69, 9.17) is 0 Å². The van der Waals surface area contributed by atoms with Gasteiger partial charge in [-0.2, -0.15) is 0 Å². The minimum absolute atomic E-state index is 0. The molecule has 94 valence electrons. The summed E-state index contributed by atoms with van der Waals surface area (Å²) in [7, 11) is 0. The van der Waals surface area contributed by atoms with E-state index in [1.807, 2.05) is 0 Å². The maximum absolute atomic E-state index is 10.5. The Balaban J connectivity index is 0.00000144. The number of hydrogen-bond donors (Lipinski definition) is 1. The normalized spacial score (nSPS) is 15.9. The first kappa shape index (κ1) is 13.7. The number of halogens is 1. The minimum Gasteiger partial charge on any atom is -0.355 e. The molecule has 0 aromatic carbocycles. The molecule has 1 aliphatic heterocycles. The van der Waals surface area contributed by atoms with E-state index >= 15 is 0 Å². The van der Waals surface area contributed by atoms with Crippen LogP contribution in [0.4, 0.5) is 11.5 Å². The van der Waals surface area contributed by atoms with Crippen molar-refractivity contribution in [3.8, 4) is 0 Å². The predicted octanol–water partition coefficient (Wildman–Crippen LogP) is 1.21. The molecule has 0 saturated carbocycles. The number of nitrogens with zero attached hydrogens (tertiary/aromatic N) is 3. The lowest BCUT2D eigenvalue weighted by Crippen LogP contribution is -2.28. The highest BCUT2D eigenvalue weighted by atomic mass is 35.5. The number of nitro groups is 1. The Bertz CT molecular complexity index is 363. The topological polar surface area (TPSA) is 71.3 Å². The van der Waals surface area contributed by atoms with Gasteiger partial charge in [-0.3, -0.25) is 10.1 Å². The summed E-state index contributed by atoms with van der Waals surface area (Å²) in [5.74, 6) is 0.814. The van der Waals surface area contributed by atoms with Gasteiger partial charge < -0.3 is 10.2 Å². The van der Waals surface area contributed by atoms with E-state index in [9.17, 15) is 10.1 Å². The first-order valence-electron chi connectivity index (χ1n) is 5.33. The van der Waals surface area contributed by atoms with E-state index < -0.39 is 4.92 Å². The zero-order valence-electron chi connectivity index (χ0n) is 9.33. The third kappa shape index (κ3) is 3.54. The fourth-order valence-corrected chi connectivity index (χ4v) is 1.75. The SMILES string of the molecule is Cl.O=[N+]([O-])c1ccc(N2CCCNCC2)nc1. The van der Waals surface area contributed by atoms with E-state index in [1.54, 1.807) is 6.07 Å². The molecular weight excluding hydrogens is 244 g/mol. The van der Waals surface area contributed by atoms with Crippen molar-refractivity contribution in [3.63, 3.8) is 0 Å². The second kappa shape index (κ2) is 6.36. The van der Waals surface area contributed by atoms with Gasteiger partial charge in [0.2, 0.25) is 0 Å². The van der Waals surface area contributed by atoms with Crippen LogP contribution in [-0.4, -0.2) is 36.1 Å². The first-order valence-corrected chi connectivity index (χ1v) is 5.33. The average Bonchev–Trinajstić information content (AvgIpc) is 2.57. The van der Waals surface area contributed by atoms with Crippen molar-refractivity contribution in [2.75, 3.05) is 31.1 Å². The zero-order chi connectivity index (χ0) is 11.4. The molecule has 0 atom stereocenters. The third-order valence-electron chi connectivity index (χ3n) is 2.61. The fourth-order valence-electron chi connectivity index (χ4n) is 1.75. The molecule has 1 saturated heterocycles. The predicted molar refractivity (Wildman–Crippen MR) is 67.8 cm³/mol. The lowest BCUT2D eigenvalue weighted by Gasteiger charge is -2.20. The summed E-state index contributed by atoms with van der Waals surface area (Å²) in [4.78, 5) is 16.3. The van der Waals surface area contributed by atoms with Crippen LogP contribution in [0, 0.1) is 10.1 Å². The molecule has 1 aromatic rings. The molecule has 2 heterocycles. The number of rotatable bonds is 2. The van der Waals surface area contributed by atoms with Crippen molar-refractivity contribution in [1.82, 2.24) is 10.3 Å². The lowest BCUT2D eigenvalue weighted by molar-refractivity contribution is -0.385. The highest BCUT2D eigenvalue weighted by Gasteiger charge is 2.12. The Morgan fingerprint density at radius 1 is 1.35 bits per heavy atom. The number of anilines is 1. The quantitative estimate of drug-likeness (QED) is 0.638. The van der Waals surface area contributed by atoms with Crippen molar-refractivity contribution < 1.29 is 4.92 Å². The molecule has 1 fully saturated rings. The second-order valence-electron chi connectivity index (χ2n) is 3.72. The smallest absolute Gasteiger partial charge is 0.287 e. The summed E-state index contributed by atoms with van der Waals surface area (Å²) in [5, 5.41) is 13.8. The Hall–Kier alpha value is -1.40. The van der Waals surface area contributed by atoms with Crippen molar-refractivity contribution in [2.24, 2.45) is 0 Å². The van der Waals surface area contributed by atoms with Gasteiger partial charge in [0.15, 0.2) is 0 Å². The summed E-state index contributed by atoms with van der Waals surface area (Å²) < 4.78 is 0. The van der Waals surface area contributed by atoms with Gasteiger partial charge in [-0.1, -0.05) is 0 Å². The van der Waals surface area contributed by atoms with E-state index in [-0.39, 0.29) is 18.1 Å². The summed E-state index contributed by atoms with van der Waals surface area (Å²) in [6.45, 7) is 3.78. The molecule has 1 aromatic heterocycles. The Labute approximate surface area is 106 Å². The molecule has 7 heteroatoms. The Kier molecular flexibility index (Phi) is 5.11. The van der Waals surface area contributed by atoms with Gasteiger partial charge in [-0.15, -0.1) is 12.4 Å². The second-order valence-corrected chi connectivity index (χ2v) is 3.72. The standard InChI is InChI=1S/C10H14N4O2.ClH/c15-14(16)9-2-3-10(12-8-9)13-6-1-4-11-5-7-13;/h2-3,8,11H,1,4-7H2;1H. The number of hydrogen-bond acceptors (Lipinski definition) is 5. The van der Waals surface area contributed by atoms with Crippen molar-refractivity contribution >= 4 is 23.9 Å². The van der Waals surface area contributed by atoms with Crippen LogP contribution in [0.5, 0.6) is 0 Å². The largest absolute Gasteiger partial charge is 0.355 e. The van der Waals surface area contributed by atoms with Crippen LogP contribution in [-0.2, 0) is 0 Å². The van der Waals surface area contributed by atoms with Gasteiger partial charge in [0.05, 0.1) is 4.92 Å². The lowest BCUT2D eigenvalue weighted by atomic mass is 10.3. The maximum Gasteiger partial charge on any atom is 0.287 e. The number of nitrogens with one attached hydrogen (secondary N) is 1. The summed E-state index contributed by atoms with van der Waals surface area (Å²) in [5.41, 5.74) is 0.0386. The van der Waals surface area contributed by atoms with Gasteiger partial charge in [-0.05, 0) is 19.0 Å². The van der Waals surface area contributed by atoms with Crippen molar-refractivity contribution in [3.05, 3.63) is 28.4 Å². The molecule has 6 nitrogen and oxygen atoms in total. The van der Waals surface area contributed by atoms with E-state index in [2.05, 4.69) is 15.2 Å². The van der Waals surface area contributed by atoms with Crippen LogP contribution >= 0.6 is 12.4 Å². The third-order valence-corrected chi connectivity index (χ3v) is 2.61. The van der Waals surface area contributed by atoms with Crippen LogP contribution in [0.2, 0.25) is 0 Å². The van der Waals surface area contributed by atoms with Crippen LogP contribution in [0.25, 0.3) is 0 Å². The van der Waals surface area contributed by atoms with Gasteiger partial charge in [-0.25, -0.2) is 4.98 Å². The highest BCUT2D eigenvalue weighted by molar-refractivity contribution is 5.85. The molecular formula is C10H15ClN4O2. The minimum atomic E-state index is -0.430. The molecule has 0 radical (unpaired) electrons. The van der Waals surface area contributed by atoms with Gasteiger partial charge in [0, 0.05) is 25.7 Å². The van der Waals surface area contributed by atoms with Gasteiger partial charge in [0.25, 0.3) is 5.69 Å². The first-order chi connectivity index (χ1) is 7.77. The highest BCUT2D eigenvalue weighted by Crippen LogP contribution is 2.16. The summed E-state index contributed by atoms with van der Waals surface area (Å²) in [6, 6.07) is 3.21. The van der Waals surface area contributed by atoms with Gasteiger partial charge in [0.1, 0.15) is 12.0 Å². The maximum atomic E-state index is 10.5. The van der Waals surface area contributed by atoms with Crippen LogP contribution in [0.3, 0.4) is 0 Å². The van der Waals surface area contributed by atoms with E-state index in [0.29, 0.717) is 0 Å². The summed E-state index contributed by atoms with van der Waals surface area (Å²) in [6.07, 6.45) is 2.38. The monoisotopic (exact) mass is 258 g/mol. The Morgan fingerprint density at radius 2 is 2.18 bits per heavy atom. The number of aromatic nitrogens is 1. The van der Waals surface area contributed by atoms with Crippen LogP contribution < -0.4 is 10.2 Å². The molecule has 17 heavy (non-hydrogen) atoms. The zero-order valence-corrected chi connectivity index (χ0v) is 10.2. The van der Waals surface area contributed by atoms with Gasteiger partial charge >= 0.3 is 0 Å². The van der Waals surface area contributed by atoms with Crippen LogP contribution in [0.15, 0.2) is 18.3 Å². The molecule has 0 amide bonds. The molecule has 0 aliphatic carbocycles. The van der Waals surface area contributed by atoms with E-state index in [0.717, 1.165) is 38.4 Å². The molecule has 0 bridgehead atoms. The van der Waals surface area contributed by atoms with Crippen molar-refractivity contribution in [2.45, 2.75) is 6.42 Å². The van der Waals surface area contributed by atoms with Crippen LogP contribution in [0.1, 0.15) is 6.42 Å². The fraction of sp³-hybridized carbons (Fsp3) is 0.500. The van der Waals surface area contributed by atoms with E-state index in [1.165, 1.54) is 12.3 Å². The van der Waals surface area contributed by atoms with Crippen molar-refractivity contribution in [1.29, 1.82) is 0 Å². The number of pyridine rings is 1.